The highest BCUT2D eigenvalue weighted by atomic mass is 35.5. The van der Waals surface area contributed by atoms with Crippen LogP contribution < -0.4 is 4.90 Å². The average molecular weight is 381 g/mol. The summed E-state index contributed by atoms with van der Waals surface area (Å²) >= 11 is 6.21. The number of aromatic nitrogens is 3. The van der Waals surface area contributed by atoms with Gasteiger partial charge in [-0.1, -0.05) is 11.6 Å². The van der Waals surface area contributed by atoms with Gasteiger partial charge in [0.25, 0.3) is 0 Å². The van der Waals surface area contributed by atoms with Crippen LogP contribution in [-0.2, 0) is 16.5 Å². The summed E-state index contributed by atoms with van der Waals surface area (Å²) in [5.74, 6) is 0.335. The lowest BCUT2D eigenvalue weighted by Gasteiger charge is -2.31. The quantitative estimate of drug-likeness (QED) is 0.757. The Labute approximate surface area is 158 Å². The molecule has 0 spiro atoms. The van der Waals surface area contributed by atoms with Crippen molar-refractivity contribution in [3.05, 3.63) is 17.4 Å². The lowest BCUT2D eigenvalue weighted by Crippen LogP contribution is -2.41. The molecule has 0 aromatic carbocycles. The predicted octanol–water partition coefficient (Wildman–Crippen LogP) is 3.79. The van der Waals surface area contributed by atoms with Crippen LogP contribution >= 0.6 is 11.6 Å². The van der Waals surface area contributed by atoms with Crippen LogP contribution in [0.2, 0.25) is 5.15 Å². The molecule has 0 radical (unpaired) electrons. The zero-order chi connectivity index (χ0) is 18.9. The Morgan fingerprint density at radius 2 is 2.12 bits per heavy atom. The second-order valence-electron chi connectivity index (χ2n) is 7.65. The maximum atomic E-state index is 13.0. The number of pyridine rings is 1. The molecule has 7 nitrogen and oxygen atoms in total. The van der Waals surface area contributed by atoms with E-state index in [-0.39, 0.29) is 0 Å². The predicted molar refractivity (Wildman–Crippen MR) is 101 cm³/mol. The molecular weight excluding hydrogens is 356 g/mol. The lowest BCUT2D eigenvalue weighted by atomic mass is 9.99. The van der Waals surface area contributed by atoms with Crippen molar-refractivity contribution in [1.82, 2.24) is 14.8 Å². The Hall–Kier alpha value is -1.86. The first kappa shape index (κ1) is 18.9. The number of anilines is 1. The molecule has 142 valence electrons. The van der Waals surface area contributed by atoms with E-state index in [0.717, 1.165) is 12.8 Å². The van der Waals surface area contributed by atoms with Crippen molar-refractivity contribution in [2.24, 2.45) is 13.0 Å². The zero-order valence-corrected chi connectivity index (χ0v) is 16.4. The van der Waals surface area contributed by atoms with E-state index in [4.69, 9.17) is 21.1 Å². The summed E-state index contributed by atoms with van der Waals surface area (Å²) in [6, 6.07) is 1.68. The normalized spacial score (nSPS) is 16.0. The molecule has 2 aromatic heterocycles. The fourth-order valence-electron chi connectivity index (χ4n) is 3.05. The molecule has 0 N–H and O–H groups in total. The average Bonchev–Trinajstić information content (AvgIpc) is 2.91. The molecular formula is C18H25ClN4O3. The van der Waals surface area contributed by atoms with Crippen molar-refractivity contribution in [1.29, 1.82) is 0 Å². The highest BCUT2D eigenvalue weighted by molar-refractivity contribution is 6.30. The van der Waals surface area contributed by atoms with Crippen LogP contribution in [0, 0.1) is 5.92 Å². The van der Waals surface area contributed by atoms with Gasteiger partial charge in [0.15, 0.2) is 0 Å². The van der Waals surface area contributed by atoms with Crippen molar-refractivity contribution < 1.29 is 14.3 Å². The van der Waals surface area contributed by atoms with Crippen LogP contribution in [0.5, 0.6) is 0 Å². The third-order valence-electron chi connectivity index (χ3n) is 4.22. The van der Waals surface area contributed by atoms with Gasteiger partial charge in [-0.3, -0.25) is 9.58 Å². The maximum Gasteiger partial charge on any atom is 0.414 e. The fraction of sp³-hybridized carbons (Fsp3) is 0.611. The van der Waals surface area contributed by atoms with Crippen LogP contribution in [-0.4, -0.2) is 46.2 Å². The molecule has 3 rings (SSSR count). The summed E-state index contributed by atoms with van der Waals surface area (Å²) in [5.41, 5.74) is 1.32. The second kappa shape index (κ2) is 7.40. The summed E-state index contributed by atoms with van der Waals surface area (Å²) in [6.07, 6.45) is 3.19. The van der Waals surface area contributed by atoms with Crippen LogP contribution in [0.4, 0.5) is 10.5 Å². The Bertz CT molecular complexity index is 794. The van der Waals surface area contributed by atoms with Gasteiger partial charge in [0.1, 0.15) is 21.8 Å². The van der Waals surface area contributed by atoms with Crippen molar-refractivity contribution in [2.45, 2.75) is 39.2 Å². The van der Waals surface area contributed by atoms with Crippen LogP contribution in [0.1, 0.15) is 33.6 Å². The molecule has 1 fully saturated rings. The number of halogens is 1. The molecule has 26 heavy (non-hydrogen) atoms. The molecule has 1 saturated heterocycles. The summed E-state index contributed by atoms with van der Waals surface area (Å²) in [7, 11) is 1.82. The van der Waals surface area contributed by atoms with Crippen molar-refractivity contribution in [3.63, 3.8) is 0 Å². The Balaban J connectivity index is 2.00. The van der Waals surface area contributed by atoms with Gasteiger partial charge in [0.2, 0.25) is 0 Å². The molecule has 8 heteroatoms. The molecule has 2 aromatic rings. The SMILES string of the molecule is Cn1cc2nc(Cl)cc(N(CC3CCOCC3)C(=O)OC(C)(C)C)c2n1. The highest BCUT2D eigenvalue weighted by Gasteiger charge is 2.29. The minimum absolute atomic E-state index is 0.320. The van der Waals surface area contributed by atoms with E-state index in [0.29, 0.717) is 47.6 Å². The number of hydrogen-bond acceptors (Lipinski definition) is 5. The van der Waals surface area contributed by atoms with Gasteiger partial charge in [0, 0.05) is 32.9 Å². The zero-order valence-electron chi connectivity index (χ0n) is 15.7. The van der Waals surface area contributed by atoms with E-state index in [1.54, 1.807) is 21.8 Å². The number of carbonyl (C=O) groups excluding carboxylic acids is 1. The number of nitrogens with zero attached hydrogens (tertiary/aromatic N) is 4. The minimum atomic E-state index is -0.592. The third-order valence-corrected chi connectivity index (χ3v) is 4.42. The van der Waals surface area contributed by atoms with Gasteiger partial charge in [0.05, 0.1) is 11.9 Å². The van der Waals surface area contributed by atoms with E-state index in [9.17, 15) is 4.79 Å². The Morgan fingerprint density at radius 3 is 2.77 bits per heavy atom. The molecule has 0 atom stereocenters. The summed E-state index contributed by atoms with van der Waals surface area (Å²) < 4.78 is 12.8. The third kappa shape index (κ3) is 4.45. The van der Waals surface area contributed by atoms with Crippen LogP contribution in [0.25, 0.3) is 11.0 Å². The Kier molecular flexibility index (Phi) is 5.39. The lowest BCUT2D eigenvalue weighted by molar-refractivity contribution is 0.0515. The summed E-state index contributed by atoms with van der Waals surface area (Å²) in [4.78, 5) is 18.9. The number of amides is 1. The molecule has 1 amide bonds. The van der Waals surface area contributed by atoms with Crippen molar-refractivity contribution in [2.75, 3.05) is 24.7 Å². The first-order valence-electron chi connectivity index (χ1n) is 8.81. The number of carbonyl (C=O) groups is 1. The van der Waals surface area contributed by atoms with E-state index < -0.39 is 11.7 Å². The molecule has 0 aliphatic carbocycles. The molecule has 1 aliphatic heterocycles. The first-order valence-corrected chi connectivity index (χ1v) is 9.19. The van der Waals surface area contributed by atoms with Gasteiger partial charge in [-0.15, -0.1) is 0 Å². The molecule has 0 saturated carbocycles. The van der Waals surface area contributed by atoms with Gasteiger partial charge in [-0.25, -0.2) is 9.78 Å². The first-order chi connectivity index (χ1) is 12.2. The summed E-state index contributed by atoms with van der Waals surface area (Å²) in [5, 5.41) is 4.79. The fourth-order valence-corrected chi connectivity index (χ4v) is 3.24. The van der Waals surface area contributed by atoms with E-state index in [1.165, 1.54) is 0 Å². The number of ether oxygens (including phenoxy) is 2. The van der Waals surface area contributed by atoms with E-state index >= 15 is 0 Å². The van der Waals surface area contributed by atoms with Gasteiger partial charge in [-0.2, -0.15) is 5.10 Å². The second-order valence-corrected chi connectivity index (χ2v) is 8.03. The van der Waals surface area contributed by atoms with Gasteiger partial charge < -0.3 is 9.47 Å². The van der Waals surface area contributed by atoms with E-state index in [1.807, 2.05) is 27.8 Å². The number of fused-ring (bicyclic) bond motifs is 1. The number of rotatable bonds is 3. The van der Waals surface area contributed by atoms with Gasteiger partial charge in [-0.05, 0) is 39.5 Å². The molecule has 1 aliphatic rings. The standard InChI is InChI=1S/C18H25ClN4O3/c1-18(2,3)26-17(24)23(10-12-5-7-25-8-6-12)14-9-15(19)20-13-11-22(4)21-16(13)14/h9,11-12H,5-8,10H2,1-4H3. The van der Waals surface area contributed by atoms with Crippen molar-refractivity contribution >= 4 is 34.4 Å². The van der Waals surface area contributed by atoms with Crippen molar-refractivity contribution in [3.8, 4) is 0 Å². The van der Waals surface area contributed by atoms with Crippen LogP contribution in [0.3, 0.4) is 0 Å². The number of hydrogen-bond donors (Lipinski definition) is 0. The molecule has 0 unspecified atom stereocenters. The molecule has 0 bridgehead atoms. The molecule has 3 heterocycles. The van der Waals surface area contributed by atoms with E-state index in [2.05, 4.69) is 10.1 Å². The van der Waals surface area contributed by atoms with Gasteiger partial charge >= 0.3 is 6.09 Å². The highest BCUT2D eigenvalue weighted by Crippen LogP contribution is 2.30. The number of aryl methyl sites for hydroxylation is 1. The largest absolute Gasteiger partial charge is 0.443 e. The summed E-state index contributed by atoms with van der Waals surface area (Å²) in [6.45, 7) is 7.52. The minimum Gasteiger partial charge on any atom is -0.443 e. The van der Waals surface area contributed by atoms with Crippen LogP contribution in [0.15, 0.2) is 12.3 Å². The maximum absolute atomic E-state index is 13.0. The Morgan fingerprint density at radius 1 is 1.42 bits per heavy atom. The monoisotopic (exact) mass is 380 g/mol. The smallest absolute Gasteiger partial charge is 0.414 e. The topological polar surface area (TPSA) is 69.5 Å².